The van der Waals surface area contributed by atoms with Crippen molar-refractivity contribution < 1.29 is 0 Å². The molecule has 0 aliphatic heterocycles. The molecule has 0 saturated carbocycles. The van der Waals surface area contributed by atoms with Crippen molar-refractivity contribution in [3.63, 3.8) is 0 Å². The van der Waals surface area contributed by atoms with E-state index in [1.165, 1.54) is 54.9 Å². The zero-order chi connectivity index (χ0) is 43.1. The Morgan fingerprint density at radius 3 is 2.00 bits per heavy atom. The highest BCUT2D eigenvalue weighted by Crippen LogP contribution is 2.44. The van der Waals surface area contributed by atoms with Gasteiger partial charge in [0.2, 0.25) is 0 Å². The molecule has 0 radical (unpaired) electrons. The molecule has 0 atom stereocenters. The average Bonchev–Trinajstić information content (AvgIpc) is 3.98. The fraction of sp³-hybridized carbons (Fsp3) is 0.172. The van der Waals surface area contributed by atoms with Gasteiger partial charge in [-0.2, -0.15) is 0 Å². The number of pyridine rings is 1. The SMILES string of the molecule is Cc1ccc2c(c1)[nH]c1c(-c3nc4c(-c5ccc6c7cc(C(C)C)c(C(C)C)cc7n(-c7ccccn7)c6c5)cccc4n3-c3ccccc3)cc(C(C)(C)c3ccccc3)cc12. The molecule has 0 spiro atoms. The monoisotopic (exact) mass is 817 g/mol. The summed E-state index contributed by atoms with van der Waals surface area (Å²) in [6.07, 6.45) is 1.89. The van der Waals surface area contributed by atoms with Gasteiger partial charge in [-0.1, -0.05) is 133 Å². The normalized spacial score (nSPS) is 12.3. The number of hydrogen-bond acceptors (Lipinski definition) is 2. The minimum atomic E-state index is -0.277. The fourth-order valence-electron chi connectivity index (χ4n) is 10.0. The minimum absolute atomic E-state index is 0.277. The van der Waals surface area contributed by atoms with Crippen molar-refractivity contribution in [3.8, 4) is 34.0 Å². The van der Waals surface area contributed by atoms with Crippen molar-refractivity contribution in [2.75, 3.05) is 0 Å². The standard InChI is InChI=1S/C58H51N5/c1-35(2)45-33-47-44-27-25-38(30-52(44)63(54-23-14-15-28-59-54)53(47)34-46(45)36(3)4)42-21-16-22-51-56(42)61-57(62(51)41-19-12-9-13-20-41)49-32-40(58(6,7)39-17-10-8-11-18-39)31-48-43-26-24-37(5)29-50(43)60-55(48)49/h8-36,60H,1-7H3. The van der Waals surface area contributed by atoms with Crippen molar-refractivity contribution in [1.29, 1.82) is 0 Å². The Bertz CT molecular complexity index is 3530. The number of rotatable bonds is 8. The first-order valence-corrected chi connectivity index (χ1v) is 22.3. The van der Waals surface area contributed by atoms with Crippen LogP contribution in [0.25, 0.3) is 88.7 Å². The van der Waals surface area contributed by atoms with Gasteiger partial charge in [-0.15, -0.1) is 0 Å². The number of para-hydroxylation sites is 2. The summed E-state index contributed by atoms with van der Waals surface area (Å²) in [7, 11) is 0. The van der Waals surface area contributed by atoms with Crippen LogP contribution in [0.3, 0.4) is 0 Å². The van der Waals surface area contributed by atoms with Gasteiger partial charge < -0.3 is 4.98 Å². The van der Waals surface area contributed by atoms with E-state index in [-0.39, 0.29) is 5.41 Å². The highest BCUT2D eigenvalue weighted by molar-refractivity contribution is 6.14. The van der Waals surface area contributed by atoms with Gasteiger partial charge in [-0.05, 0) is 119 Å². The average molecular weight is 818 g/mol. The third kappa shape index (κ3) is 6.20. The molecule has 0 fully saturated rings. The van der Waals surface area contributed by atoms with Gasteiger partial charge in [0, 0.05) is 55.5 Å². The van der Waals surface area contributed by atoms with Crippen LogP contribution in [0.15, 0.2) is 164 Å². The van der Waals surface area contributed by atoms with E-state index in [0.29, 0.717) is 11.8 Å². The number of nitrogens with zero attached hydrogens (tertiary/aromatic N) is 4. The molecule has 0 unspecified atom stereocenters. The van der Waals surface area contributed by atoms with Crippen molar-refractivity contribution >= 4 is 54.6 Å². The van der Waals surface area contributed by atoms with Gasteiger partial charge in [0.25, 0.3) is 0 Å². The summed E-state index contributed by atoms with van der Waals surface area (Å²) in [6.45, 7) is 16.0. The molecule has 11 aromatic rings. The lowest BCUT2D eigenvalue weighted by molar-refractivity contribution is 0.642. The zero-order valence-electron chi connectivity index (χ0n) is 37.0. The van der Waals surface area contributed by atoms with E-state index >= 15 is 0 Å². The van der Waals surface area contributed by atoms with Crippen LogP contribution in [-0.2, 0) is 5.41 Å². The maximum atomic E-state index is 5.76. The lowest BCUT2D eigenvalue weighted by Crippen LogP contribution is -2.19. The molecule has 4 aromatic heterocycles. The summed E-state index contributed by atoms with van der Waals surface area (Å²) in [5, 5.41) is 4.87. The summed E-state index contributed by atoms with van der Waals surface area (Å²) in [5.41, 5.74) is 17.1. The number of H-pyrrole nitrogens is 1. The van der Waals surface area contributed by atoms with Crippen LogP contribution in [0.4, 0.5) is 0 Å². The third-order valence-electron chi connectivity index (χ3n) is 13.4. The molecule has 0 aliphatic rings. The molecular weight excluding hydrogens is 767 g/mol. The van der Waals surface area contributed by atoms with Crippen LogP contribution in [0.1, 0.15) is 81.2 Å². The smallest absolute Gasteiger partial charge is 0.147 e. The van der Waals surface area contributed by atoms with Gasteiger partial charge in [0.05, 0.1) is 27.6 Å². The van der Waals surface area contributed by atoms with Crippen LogP contribution in [0.5, 0.6) is 0 Å². The Morgan fingerprint density at radius 1 is 0.540 bits per heavy atom. The number of benzene rings is 7. The van der Waals surface area contributed by atoms with Gasteiger partial charge in [-0.25, -0.2) is 9.97 Å². The fourth-order valence-corrected chi connectivity index (χ4v) is 10.0. The lowest BCUT2D eigenvalue weighted by Gasteiger charge is -2.27. The summed E-state index contributed by atoms with van der Waals surface area (Å²) in [4.78, 5) is 14.6. The summed E-state index contributed by atoms with van der Waals surface area (Å²) in [6, 6.07) is 57.7. The van der Waals surface area contributed by atoms with E-state index < -0.39 is 0 Å². The van der Waals surface area contributed by atoms with E-state index in [9.17, 15) is 0 Å². The Balaban J connectivity index is 1.20. The number of nitrogens with one attached hydrogen (secondary N) is 1. The molecule has 4 heterocycles. The molecule has 308 valence electrons. The van der Waals surface area contributed by atoms with Gasteiger partial charge >= 0.3 is 0 Å². The summed E-state index contributed by atoms with van der Waals surface area (Å²) >= 11 is 0. The third-order valence-corrected chi connectivity index (χ3v) is 13.4. The Kier molecular flexibility index (Phi) is 9.02. The molecule has 7 aromatic carbocycles. The largest absolute Gasteiger partial charge is 0.354 e. The van der Waals surface area contributed by atoms with Crippen molar-refractivity contribution in [2.24, 2.45) is 0 Å². The number of hydrogen-bond donors (Lipinski definition) is 1. The van der Waals surface area contributed by atoms with Crippen molar-refractivity contribution in [1.82, 2.24) is 24.1 Å². The molecule has 63 heavy (non-hydrogen) atoms. The number of aromatic nitrogens is 5. The van der Waals surface area contributed by atoms with Crippen LogP contribution in [0.2, 0.25) is 0 Å². The first-order chi connectivity index (χ1) is 30.6. The van der Waals surface area contributed by atoms with Crippen LogP contribution >= 0.6 is 0 Å². The Labute approximate surface area is 368 Å². The number of imidazole rings is 1. The second-order valence-electron chi connectivity index (χ2n) is 18.5. The quantitative estimate of drug-likeness (QED) is 0.166. The highest BCUT2D eigenvalue weighted by atomic mass is 15.1. The summed E-state index contributed by atoms with van der Waals surface area (Å²) < 4.78 is 4.71. The molecule has 5 nitrogen and oxygen atoms in total. The molecular formula is C58H51N5. The number of fused-ring (bicyclic) bond motifs is 7. The Hall–Kier alpha value is -7.24. The van der Waals surface area contributed by atoms with Crippen LogP contribution < -0.4 is 0 Å². The molecule has 0 amide bonds. The predicted octanol–water partition coefficient (Wildman–Crippen LogP) is 15.4. The molecule has 11 rings (SSSR count). The van der Waals surface area contributed by atoms with Crippen molar-refractivity contribution in [2.45, 2.75) is 65.7 Å². The number of aromatic amines is 1. The van der Waals surface area contributed by atoms with E-state index in [1.807, 2.05) is 12.3 Å². The van der Waals surface area contributed by atoms with E-state index in [0.717, 1.165) is 61.6 Å². The van der Waals surface area contributed by atoms with E-state index in [4.69, 9.17) is 9.97 Å². The molecule has 0 saturated heterocycles. The predicted molar refractivity (Wildman–Crippen MR) is 265 cm³/mol. The first kappa shape index (κ1) is 38.7. The highest BCUT2D eigenvalue weighted by Gasteiger charge is 2.28. The van der Waals surface area contributed by atoms with Gasteiger partial charge in [-0.3, -0.25) is 9.13 Å². The first-order valence-electron chi connectivity index (χ1n) is 22.3. The topological polar surface area (TPSA) is 51.4 Å². The zero-order valence-corrected chi connectivity index (χ0v) is 37.0. The molecule has 1 N–H and O–H groups in total. The maximum Gasteiger partial charge on any atom is 0.147 e. The molecule has 0 bridgehead atoms. The summed E-state index contributed by atoms with van der Waals surface area (Å²) in [5.74, 6) is 2.61. The van der Waals surface area contributed by atoms with Crippen LogP contribution in [-0.4, -0.2) is 24.1 Å². The Morgan fingerprint density at radius 2 is 1.25 bits per heavy atom. The van der Waals surface area contributed by atoms with Crippen molar-refractivity contribution in [3.05, 3.63) is 192 Å². The van der Waals surface area contributed by atoms with Gasteiger partial charge in [0.15, 0.2) is 0 Å². The second kappa shape index (κ2) is 14.7. The van der Waals surface area contributed by atoms with E-state index in [1.54, 1.807) is 0 Å². The number of aryl methyl sites for hydroxylation is 1. The lowest BCUT2D eigenvalue weighted by atomic mass is 9.77. The minimum Gasteiger partial charge on any atom is -0.354 e. The molecule has 0 aliphatic carbocycles. The molecule has 5 heteroatoms. The van der Waals surface area contributed by atoms with E-state index in [2.05, 4.69) is 214 Å². The second-order valence-corrected chi connectivity index (χ2v) is 18.5. The van der Waals surface area contributed by atoms with Crippen LogP contribution in [0, 0.1) is 6.92 Å². The van der Waals surface area contributed by atoms with Gasteiger partial charge in [0.1, 0.15) is 11.6 Å². The maximum absolute atomic E-state index is 5.76.